The Morgan fingerprint density at radius 1 is 1.10 bits per heavy atom. The van der Waals surface area contributed by atoms with Gasteiger partial charge in [0.25, 0.3) is 0 Å². The SMILES string of the molecule is CCCN(Cc1nnc(-c2ccccc2Cl)o1)C(=O)CCCCc1ccc(Br)cc1. The number of benzene rings is 2. The number of carbonyl (C=O) groups is 1. The Morgan fingerprint density at radius 2 is 1.87 bits per heavy atom. The molecule has 0 spiro atoms. The molecule has 30 heavy (non-hydrogen) atoms. The predicted octanol–water partition coefficient (Wildman–Crippen LogP) is 6.30. The summed E-state index contributed by atoms with van der Waals surface area (Å²) in [5, 5.41) is 8.76. The number of carbonyl (C=O) groups excluding carboxylic acids is 1. The van der Waals surface area contributed by atoms with Gasteiger partial charge in [-0.3, -0.25) is 4.79 Å². The van der Waals surface area contributed by atoms with E-state index in [1.807, 2.05) is 30.3 Å². The van der Waals surface area contributed by atoms with Crippen molar-refractivity contribution in [2.45, 2.75) is 45.6 Å². The number of nitrogens with zero attached hydrogens (tertiary/aromatic N) is 3. The molecule has 0 bridgehead atoms. The van der Waals surface area contributed by atoms with Crippen molar-refractivity contribution in [3.8, 4) is 11.5 Å². The highest BCUT2D eigenvalue weighted by molar-refractivity contribution is 9.10. The summed E-state index contributed by atoms with van der Waals surface area (Å²) >= 11 is 9.65. The van der Waals surface area contributed by atoms with Crippen LogP contribution in [0.25, 0.3) is 11.5 Å². The van der Waals surface area contributed by atoms with Crippen molar-refractivity contribution in [2.75, 3.05) is 6.54 Å². The average Bonchev–Trinajstić information content (AvgIpc) is 3.20. The second-order valence-corrected chi connectivity index (χ2v) is 8.45. The van der Waals surface area contributed by atoms with Crippen LogP contribution in [0.2, 0.25) is 5.02 Å². The molecule has 3 rings (SSSR count). The molecule has 5 nitrogen and oxygen atoms in total. The van der Waals surface area contributed by atoms with Crippen LogP contribution in [-0.4, -0.2) is 27.5 Å². The van der Waals surface area contributed by atoms with E-state index in [1.54, 1.807) is 11.0 Å². The van der Waals surface area contributed by atoms with E-state index in [2.05, 4.69) is 45.2 Å². The van der Waals surface area contributed by atoms with E-state index >= 15 is 0 Å². The summed E-state index contributed by atoms with van der Waals surface area (Å²) < 4.78 is 6.85. The molecule has 1 amide bonds. The average molecular weight is 491 g/mol. The first-order valence-corrected chi connectivity index (χ1v) is 11.3. The number of hydrogen-bond acceptors (Lipinski definition) is 4. The van der Waals surface area contributed by atoms with Crippen LogP contribution in [-0.2, 0) is 17.8 Å². The van der Waals surface area contributed by atoms with Crippen molar-refractivity contribution >= 4 is 33.4 Å². The van der Waals surface area contributed by atoms with Crippen LogP contribution in [0.15, 0.2) is 57.4 Å². The minimum Gasteiger partial charge on any atom is -0.419 e. The number of rotatable bonds is 10. The van der Waals surface area contributed by atoms with E-state index in [9.17, 15) is 4.79 Å². The molecule has 3 aromatic rings. The Balaban J connectivity index is 1.53. The molecule has 0 atom stereocenters. The smallest absolute Gasteiger partial charge is 0.249 e. The number of aryl methyl sites for hydroxylation is 1. The molecule has 0 aliphatic carbocycles. The standard InChI is InChI=1S/C23H25BrClN3O2/c1-2-15-28(22(29)10-6-3-7-17-11-13-18(24)14-12-17)16-21-26-27-23(30-21)19-8-4-5-9-20(19)25/h4-5,8-9,11-14H,2-3,6-7,10,15-16H2,1H3. The quantitative estimate of drug-likeness (QED) is 0.313. The van der Waals surface area contributed by atoms with Gasteiger partial charge in [-0.1, -0.05) is 58.7 Å². The Bertz CT molecular complexity index is 959. The Kier molecular flexibility index (Phi) is 8.46. The molecule has 1 heterocycles. The zero-order chi connectivity index (χ0) is 21.3. The molecule has 0 aliphatic rings. The Labute approximate surface area is 190 Å². The normalized spacial score (nSPS) is 10.9. The van der Waals surface area contributed by atoms with E-state index in [0.717, 1.165) is 30.2 Å². The molecule has 0 fully saturated rings. The van der Waals surface area contributed by atoms with E-state index in [4.69, 9.17) is 16.0 Å². The van der Waals surface area contributed by atoms with Gasteiger partial charge in [0, 0.05) is 17.4 Å². The fourth-order valence-corrected chi connectivity index (χ4v) is 3.68. The monoisotopic (exact) mass is 489 g/mol. The van der Waals surface area contributed by atoms with E-state index in [1.165, 1.54) is 5.56 Å². The Morgan fingerprint density at radius 3 is 2.60 bits per heavy atom. The molecule has 158 valence electrons. The van der Waals surface area contributed by atoms with Gasteiger partial charge < -0.3 is 9.32 Å². The third kappa shape index (κ3) is 6.41. The van der Waals surface area contributed by atoms with Crippen molar-refractivity contribution in [3.63, 3.8) is 0 Å². The van der Waals surface area contributed by atoms with Crippen LogP contribution in [0.3, 0.4) is 0 Å². The number of amides is 1. The molecule has 0 unspecified atom stereocenters. The minimum atomic E-state index is 0.116. The van der Waals surface area contributed by atoms with E-state index in [-0.39, 0.29) is 5.91 Å². The summed E-state index contributed by atoms with van der Waals surface area (Å²) in [5.74, 6) is 0.903. The summed E-state index contributed by atoms with van der Waals surface area (Å²) in [6.45, 7) is 3.03. The van der Waals surface area contributed by atoms with Crippen LogP contribution in [0.4, 0.5) is 0 Å². The molecule has 2 aromatic carbocycles. The third-order valence-electron chi connectivity index (χ3n) is 4.76. The number of halogens is 2. The third-order valence-corrected chi connectivity index (χ3v) is 5.62. The van der Waals surface area contributed by atoms with Crippen LogP contribution in [0.5, 0.6) is 0 Å². The summed E-state index contributed by atoms with van der Waals surface area (Å²) in [4.78, 5) is 14.5. The topological polar surface area (TPSA) is 59.2 Å². The first-order chi connectivity index (χ1) is 14.6. The summed E-state index contributed by atoms with van der Waals surface area (Å²) in [6, 6.07) is 15.6. The zero-order valence-corrected chi connectivity index (χ0v) is 19.3. The predicted molar refractivity (Wildman–Crippen MR) is 122 cm³/mol. The van der Waals surface area contributed by atoms with Gasteiger partial charge >= 0.3 is 0 Å². The maximum Gasteiger partial charge on any atom is 0.249 e. The van der Waals surface area contributed by atoms with Crippen molar-refractivity contribution in [1.29, 1.82) is 0 Å². The molecule has 0 aliphatic heterocycles. The lowest BCUT2D eigenvalue weighted by atomic mass is 10.1. The zero-order valence-electron chi connectivity index (χ0n) is 17.0. The Hall–Kier alpha value is -2.18. The van der Waals surface area contributed by atoms with Gasteiger partial charge in [0.15, 0.2) is 0 Å². The molecule has 1 aromatic heterocycles. The van der Waals surface area contributed by atoms with Crippen molar-refractivity contribution < 1.29 is 9.21 Å². The number of hydrogen-bond donors (Lipinski definition) is 0. The van der Waals surface area contributed by atoms with Gasteiger partial charge in [0.05, 0.1) is 17.1 Å². The highest BCUT2D eigenvalue weighted by atomic mass is 79.9. The van der Waals surface area contributed by atoms with Gasteiger partial charge in [0.2, 0.25) is 17.7 Å². The van der Waals surface area contributed by atoms with Gasteiger partial charge in [-0.25, -0.2) is 0 Å². The number of aromatic nitrogens is 2. The molecule has 7 heteroatoms. The highest BCUT2D eigenvalue weighted by Crippen LogP contribution is 2.26. The van der Waals surface area contributed by atoms with E-state index < -0.39 is 0 Å². The second kappa shape index (κ2) is 11.3. The second-order valence-electron chi connectivity index (χ2n) is 7.13. The molecule has 0 saturated heterocycles. The van der Waals surface area contributed by atoms with Gasteiger partial charge in [-0.15, -0.1) is 10.2 Å². The lowest BCUT2D eigenvalue weighted by molar-refractivity contribution is -0.132. The van der Waals surface area contributed by atoms with Crippen molar-refractivity contribution in [1.82, 2.24) is 15.1 Å². The maximum absolute atomic E-state index is 12.7. The fraction of sp³-hybridized carbons (Fsp3) is 0.348. The highest BCUT2D eigenvalue weighted by Gasteiger charge is 2.18. The molecule has 0 radical (unpaired) electrons. The summed E-state index contributed by atoms with van der Waals surface area (Å²) in [5.41, 5.74) is 1.98. The van der Waals surface area contributed by atoms with Gasteiger partial charge in [-0.2, -0.15) is 0 Å². The number of unbranched alkanes of at least 4 members (excludes halogenated alkanes) is 1. The van der Waals surface area contributed by atoms with Crippen LogP contribution in [0.1, 0.15) is 44.1 Å². The van der Waals surface area contributed by atoms with Crippen LogP contribution in [0, 0.1) is 0 Å². The molecule has 0 N–H and O–H groups in total. The summed E-state index contributed by atoms with van der Waals surface area (Å²) in [7, 11) is 0. The minimum absolute atomic E-state index is 0.116. The first-order valence-electron chi connectivity index (χ1n) is 10.2. The largest absolute Gasteiger partial charge is 0.419 e. The summed E-state index contributed by atoms with van der Waals surface area (Å²) in [6.07, 6.45) is 4.19. The van der Waals surface area contributed by atoms with Crippen LogP contribution >= 0.6 is 27.5 Å². The lowest BCUT2D eigenvalue weighted by Gasteiger charge is -2.20. The first kappa shape index (κ1) is 22.5. The maximum atomic E-state index is 12.7. The molecular formula is C23H25BrClN3O2. The molecule has 0 saturated carbocycles. The molecular weight excluding hydrogens is 466 g/mol. The van der Waals surface area contributed by atoms with Gasteiger partial charge in [-0.05, 0) is 55.5 Å². The van der Waals surface area contributed by atoms with Crippen molar-refractivity contribution in [2.24, 2.45) is 0 Å². The van der Waals surface area contributed by atoms with Crippen LogP contribution < -0.4 is 0 Å². The fourth-order valence-electron chi connectivity index (χ4n) is 3.20. The van der Waals surface area contributed by atoms with Crippen molar-refractivity contribution in [3.05, 3.63) is 69.5 Å². The van der Waals surface area contributed by atoms with Gasteiger partial charge in [0.1, 0.15) is 0 Å². The van der Waals surface area contributed by atoms with E-state index in [0.29, 0.717) is 41.9 Å². The lowest BCUT2D eigenvalue weighted by Crippen LogP contribution is -2.31.